The Hall–Kier alpha value is -1.87. The van der Waals surface area contributed by atoms with E-state index < -0.39 is 11.2 Å². The number of methoxy groups -OCH3 is 1. The number of aromatic nitrogens is 2. The quantitative estimate of drug-likeness (QED) is 0.582. The molecule has 0 aliphatic carbocycles. The molecule has 23 heavy (non-hydrogen) atoms. The van der Waals surface area contributed by atoms with Crippen LogP contribution in [-0.4, -0.2) is 41.5 Å². The highest BCUT2D eigenvalue weighted by Crippen LogP contribution is 2.17. The van der Waals surface area contributed by atoms with Crippen molar-refractivity contribution in [1.29, 1.82) is 0 Å². The molecule has 0 spiro atoms. The van der Waals surface area contributed by atoms with E-state index in [4.69, 9.17) is 22.7 Å². The lowest BCUT2D eigenvalue weighted by Crippen LogP contribution is -2.46. The van der Waals surface area contributed by atoms with Crippen molar-refractivity contribution in [1.82, 2.24) is 14.9 Å². The Kier molecular flexibility index (Phi) is 7.76. The second kappa shape index (κ2) is 9.31. The van der Waals surface area contributed by atoms with Crippen LogP contribution in [0.1, 0.15) is 26.7 Å². The number of nitrogen functional groups attached to an aromatic ring is 1. The van der Waals surface area contributed by atoms with Crippen LogP contribution in [0.3, 0.4) is 0 Å². The molecule has 0 aromatic carbocycles. The topological polar surface area (TPSA) is 105 Å². The number of nitrogens with one attached hydrogen (secondary N) is 2. The summed E-state index contributed by atoms with van der Waals surface area (Å²) in [6.45, 7) is 5.74. The van der Waals surface area contributed by atoms with Crippen molar-refractivity contribution in [2.24, 2.45) is 0 Å². The summed E-state index contributed by atoms with van der Waals surface area (Å²) in [5.74, 6) is 0.109. The van der Waals surface area contributed by atoms with Crippen LogP contribution in [0.2, 0.25) is 0 Å². The normalized spacial score (nSPS) is 10.6. The van der Waals surface area contributed by atoms with Crippen LogP contribution in [0.5, 0.6) is 0 Å². The average Bonchev–Trinajstić information content (AvgIpc) is 2.52. The first-order valence-electron chi connectivity index (χ1n) is 7.64. The van der Waals surface area contributed by atoms with Crippen LogP contribution in [0.15, 0.2) is 9.59 Å². The molecule has 0 atom stereocenters. The number of H-pyrrole nitrogens is 1. The number of thiocarbonyl (C=S) groups is 1. The second-order valence-electron chi connectivity index (χ2n) is 5.02. The Morgan fingerprint density at radius 1 is 1.39 bits per heavy atom. The minimum Gasteiger partial charge on any atom is -0.383 e. The molecular weight excluding hydrogens is 318 g/mol. The van der Waals surface area contributed by atoms with Gasteiger partial charge in [0.15, 0.2) is 10.8 Å². The standard InChI is InChI=1S/C14H25N5O3S/c1-4-6-16-14(23)18(8-9-22-3)10-11(15)19(7-5-2)13(21)17-12(10)20/h4-9,15H2,1-3H3,(H,16,23)(H,17,20,21). The molecular formula is C14H25N5O3S. The summed E-state index contributed by atoms with van der Waals surface area (Å²) in [5, 5.41) is 3.44. The lowest BCUT2D eigenvalue weighted by molar-refractivity contribution is 0.207. The van der Waals surface area contributed by atoms with Gasteiger partial charge in [0.05, 0.1) is 6.61 Å². The third-order valence-electron chi connectivity index (χ3n) is 3.22. The van der Waals surface area contributed by atoms with E-state index in [1.54, 1.807) is 12.0 Å². The lowest BCUT2D eigenvalue weighted by Gasteiger charge is -2.26. The third kappa shape index (κ3) is 4.80. The Morgan fingerprint density at radius 2 is 2.09 bits per heavy atom. The molecule has 0 aliphatic rings. The summed E-state index contributed by atoms with van der Waals surface area (Å²) in [7, 11) is 1.56. The van der Waals surface area contributed by atoms with Gasteiger partial charge in [0.25, 0.3) is 5.56 Å². The van der Waals surface area contributed by atoms with E-state index >= 15 is 0 Å². The number of ether oxygens (including phenoxy) is 1. The van der Waals surface area contributed by atoms with Crippen molar-refractivity contribution in [2.45, 2.75) is 33.2 Å². The van der Waals surface area contributed by atoms with Gasteiger partial charge in [-0.1, -0.05) is 13.8 Å². The average molecular weight is 343 g/mol. The van der Waals surface area contributed by atoms with Crippen LogP contribution < -0.4 is 27.2 Å². The maximum atomic E-state index is 12.3. The van der Waals surface area contributed by atoms with Gasteiger partial charge >= 0.3 is 5.69 Å². The molecule has 0 saturated heterocycles. The van der Waals surface area contributed by atoms with E-state index in [0.29, 0.717) is 37.8 Å². The number of rotatable bonds is 8. The van der Waals surface area contributed by atoms with Gasteiger partial charge in [-0.3, -0.25) is 14.3 Å². The van der Waals surface area contributed by atoms with E-state index in [1.807, 2.05) is 13.8 Å². The van der Waals surface area contributed by atoms with Crippen LogP contribution in [-0.2, 0) is 11.3 Å². The SMILES string of the molecule is CCCNC(=S)N(CCOC)c1c(N)n(CCC)c(=O)[nH]c1=O. The highest BCUT2D eigenvalue weighted by Gasteiger charge is 2.21. The number of anilines is 2. The summed E-state index contributed by atoms with van der Waals surface area (Å²) < 4.78 is 6.43. The van der Waals surface area contributed by atoms with E-state index in [-0.39, 0.29) is 11.5 Å². The van der Waals surface area contributed by atoms with Crippen LogP contribution in [0, 0.1) is 0 Å². The summed E-state index contributed by atoms with van der Waals surface area (Å²) in [6, 6.07) is 0. The molecule has 0 unspecified atom stereocenters. The van der Waals surface area contributed by atoms with E-state index in [2.05, 4.69) is 10.3 Å². The van der Waals surface area contributed by atoms with Gasteiger partial charge in [-0.2, -0.15) is 0 Å². The van der Waals surface area contributed by atoms with Gasteiger partial charge in [-0.05, 0) is 25.1 Å². The van der Waals surface area contributed by atoms with Crippen molar-refractivity contribution in [3.8, 4) is 0 Å². The zero-order valence-corrected chi connectivity index (χ0v) is 14.7. The van der Waals surface area contributed by atoms with E-state index in [9.17, 15) is 9.59 Å². The number of hydrogen-bond donors (Lipinski definition) is 3. The van der Waals surface area contributed by atoms with E-state index in [1.165, 1.54) is 4.57 Å². The maximum absolute atomic E-state index is 12.3. The second-order valence-corrected chi connectivity index (χ2v) is 5.41. The van der Waals surface area contributed by atoms with Gasteiger partial charge < -0.3 is 20.7 Å². The smallest absolute Gasteiger partial charge is 0.330 e. The van der Waals surface area contributed by atoms with Crippen LogP contribution in [0.4, 0.5) is 11.5 Å². The maximum Gasteiger partial charge on any atom is 0.330 e. The molecule has 0 radical (unpaired) electrons. The molecule has 8 nitrogen and oxygen atoms in total. The summed E-state index contributed by atoms with van der Waals surface area (Å²) >= 11 is 5.36. The molecule has 0 aliphatic heterocycles. The Bertz CT molecular complexity index is 640. The minimum atomic E-state index is -0.559. The van der Waals surface area contributed by atoms with Gasteiger partial charge in [0.1, 0.15) is 5.82 Å². The zero-order valence-electron chi connectivity index (χ0n) is 13.8. The predicted octanol–water partition coefficient (Wildman–Crippen LogP) is 0.266. The van der Waals surface area contributed by atoms with Gasteiger partial charge in [0, 0.05) is 26.7 Å². The highest BCUT2D eigenvalue weighted by atomic mass is 32.1. The van der Waals surface area contributed by atoms with Crippen molar-refractivity contribution < 1.29 is 4.74 Å². The van der Waals surface area contributed by atoms with Gasteiger partial charge in [0.2, 0.25) is 0 Å². The Morgan fingerprint density at radius 3 is 2.65 bits per heavy atom. The van der Waals surface area contributed by atoms with Crippen molar-refractivity contribution in [2.75, 3.05) is 37.4 Å². The summed E-state index contributed by atoms with van der Waals surface area (Å²) in [6.07, 6.45) is 1.60. The number of hydrogen-bond acceptors (Lipinski definition) is 5. The molecule has 1 aromatic rings. The van der Waals surface area contributed by atoms with Gasteiger partial charge in [-0.15, -0.1) is 0 Å². The molecule has 1 aromatic heterocycles. The molecule has 4 N–H and O–H groups in total. The minimum absolute atomic E-state index is 0.109. The number of nitrogens with zero attached hydrogens (tertiary/aromatic N) is 2. The molecule has 9 heteroatoms. The fraction of sp³-hybridized carbons (Fsp3) is 0.643. The summed E-state index contributed by atoms with van der Waals surface area (Å²) in [4.78, 5) is 28.1. The lowest BCUT2D eigenvalue weighted by atomic mass is 10.3. The number of nitrogens with two attached hydrogens (primary N) is 1. The largest absolute Gasteiger partial charge is 0.383 e. The van der Waals surface area contributed by atoms with Crippen molar-refractivity contribution in [3.05, 3.63) is 20.8 Å². The van der Waals surface area contributed by atoms with Gasteiger partial charge in [-0.25, -0.2) is 4.79 Å². The Balaban J connectivity index is 3.34. The first kappa shape index (κ1) is 19.2. The number of aromatic amines is 1. The van der Waals surface area contributed by atoms with Crippen LogP contribution >= 0.6 is 12.2 Å². The zero-order chi connectivity index (χ0) is 17.4. The fourth-order valence-corrected chi connectivity index (χ4v) is 2.39. The first-order chi connectivity index (χ1) is 11.0. The van der Waals surface area contributed by atoms with Crippen molar-refractivity contribution in [3.63, 3.8) is 0 Å². The monoisotopic (exact) mass is 343 g/mol. The Labute approximate surface area is 140 Å². The molecule has 0 fully saturated rings. The van der Waals surface area contributed by atoms with Crippen molar-refractivity contribution >= 4 is 28.8 Å². The molecule has 130 valence electrons. The fourth-order valence-electron chi connectivity index (χ4n) is 2.11. The van der Waals surface area contributed by atoms with Crippen LogP contribution in [0.25, 0.3) is 0 Å². The molecule has 0 bridgehead atoms. The molecule has 0 saturated carbocycles. The molecule has 0 amide bonds. The molecule has 1 rings (SSSR count). The third-order valence-corrected chi connectivity index (χ3v) is 3.59. The highest BCUT2D eigenvalue weighted by molar-refractivity contribution is 7.80. The predicted molar refractivity (Wildman–Crippen MR) is 96.1 cm³/mol. The summed E-state index contributed by atoms with van der Waals surface area (Å²) in [5.41, 5.74) is 5.18. The first-order valence-corrected chi connectivity index (χ1v) is 8.05. The van der Waals surface area contributed by atoms with E-state index in [0.717, 1.165) is 6.42 Å². The molecule has 1 heterocycles.